The number of rotatable bonds is 3. The molecule has 1 nitrogen and oxygen atoms in total. The van der Waals surface area contributed by atoms with Crippen molar-refractivity contribution in [3.05, 3.63) is 35.4 Å². The molecule has 0 radical (unpaired) electrons. The Hall–Kier alpha value is -0.670. The van der Waals surface area contributed by atoms with Crippen molar-refractivity contribution in [1.29, 1.82) is 0 Å². The number of benzene rings is 1. The molecule has 0 amide bonds. The average Bonchev–Trinajstić information content (AvgIpc) is 2.03. The second-order valence-electron chi connectivity index (χ2n) is 3.15. The molecule has 0 aliphatic carbocycles. The van der Waals surface area contributed by atoms with Gasteiger partial charge in [-0.05, 0) is 12.5 Å². The maximum Gasteiger partial charge on any atom is 0.240 e. The van der Waals surface area contributed by atoms with E-state index in [0.29, 0.717) is 0 Å². The summed E-state index contributed by atoms with van der Waals surface area (Å²) in [6.07, 6.45) is -2.61. The van der Waals surface area contributed by atoms with Crippen molar-refractivity contribution in [2.45, 2.75) is 25.8 Å². The quantitative estimate of drug-likeness (QED) is 0.834. The number of alkyl halides is 2. The van der Waals surface area contributed by atoms with Crippen LogP contribution >= 0.6 is 12.4 Å². The molecule has 1 aromatic carbocycles. The van der Waals surface area contributed by atoms with Crippen molar-refractivity contribution in [3.8, 4) is 0 Å². The van der Waals surface area contributed by atoms with Gasteiger partial charge in [-0.15, -0.1) is 12.4 Å². The van der Waals surface area contributed by atoms with Crippen LogP contribution in [0.4, 0.5) is 8.78 Å². The predicted octanol–water partition coefficient (Wildman–Crippen LogP) is 3.07. The summed E-state index contributed by atoms with van der Waals surface area (Å²) in [5, 5.41) is 0. The van der Waals surface area contributed by atoms with E-state index in [4.69, 9.17) is 5.73 Å². The van der Waals surface area contributed by atoms with Gasteiger partial charge in [0, 0.05) is 12.5 Å². The molecule has 0 fully saturated rings. The molecular weight excluding hydrogens is 208 g/mol. The first-order valence-electron chi connectivity index (χ1n) is 4.20. The van der Waals surface area contributed by atoms with E-state index in [-0.39, 0.29) is 18.8 Å². The lowest BCUT2D eigenvalue weighted by molar-refractivity contribution is 0.128. The van der Waals surface area contributed by atoms with Crippen molar-refractivity contribution in [1.82, 2.24) is 0 Å². The van der Waals surface area contributed by atoms with E-state index in [9.17, 15) is 8.78 Å². The van der Waals surface area contributed by atoms with Crippen LogP contribution in [0.2, 0.25) is 0 Å². The molecule has 0 bridgehead atoms. The first-order valence-corrected chi connectivity index (χ1v) is 4.20. The minimum absolute atomic E-state index is 0. The summed E-state index contributed by atoms with van der Waals surface area (Å²) in [6, 6.07) is 6.81. The molecule has 0 aromatic heterocycles. The summed E-state index contributed by atoms with van der Waals surface area (Å²) in [4.78, 5) is 0. The Labute approximate surface area is 88.7 Å². The average molecular weight is 222 g/mol. The third-order valence-corrected chi connectivity index (χ3v) is 1.90. The highest BCUT2D eigenvalue weighted by Crippen LogP contribution is 2.18. The molecule has 2 N–H and O–H groups in total. The lowest BCUT2D eigenvalue weighted by Crippen LogP contribution is -2.13. The van der Waals surface area contributed by atoms with E-state index in [2.05, 4.69) is 0 Å². The van der Waals surface area contributed by atoms with Gasteiger partial charge in [0.05, 0.1) is 0 Å². The minimum Gasteiger partial charge on any atom is -0.324 e. The smallest absolute Gasteiger partial charge is 0.240 e. The molecule has 0 aliphatic heterocycles. The van der Waals surface area contributed by atoms with Crippen LogP contribution in [0, 0.1) is 6.92 Å². The van der Waals surface area contributed by atoms with Crippen LogP contribution in [0.1, 0.15) is 23.6 Å². The third kappa shape index (κ3) is 4.03. The molecule has 0 spiro atoms. The van der Waals surface area contributed by atoms with Gasteiger partial charge in [0.25, 0.3) is 0 Å². The molecule has 0 heterocycles. The molecule has 1 rings (SSSR count). The van der Waals surface area contributed by atoms with Crippen LogP contribution in [0.3, 0.4) is 0 Å². The zero-order valence-electron chi connectivity index (χ0n) is 7.91. The fourth-order valence-corrected chi connectivity index (χ4v) is 1.23. The van der Waals surface area contributed by atoms with Gasteiger partial charge in [-0.2, -0.15) is 0 Å². The Balaban J connectivity index is 0.00000169. The Kier molecular flexibility index (Phi) is 5.65. The summed E-state index contributed by atoms with van der Waals surface area (Å²) in [5.41, 5.74) is 7.41. The molecule has 0 saturated heterocycles. The largest absolute Gasteiger partial charge is 0.324 e. The Morgan fingerprint density at radius 2 is 2.00 bits per heavy atom. The third-order valence-electron chi connectivity index (χ3n) is 1.90. The Morgan fingerprint density at radius 1 is 1.36 bits per heavy atom. The molecule has 80 valence electrons. The molecule has 14 heavy (non-hydrogen) atoms. The number of nitrogens with two attached hydrogens (primary N) is 1. The zero-order chi connectivity index (χ0) is 9.84. The first-order chi connectivity index (χ1) is 6.09. The van der Waals surface area contributed by atoms with E-state index in [0.717, 1.165) is 11.1 Å². The van der Waals surface area contributed by atoms with E-state index < -0.39 is 12.5 Å². The lowest BCUT2D eigenvalue weighted by atomic mass is 10.0. The lowest BCUT2D eigenvalue weighted by Gasteiger charge is -2.11. The highest BCUT2D eigenvalue weighted by atomic mass is 35.5. The number of halogens is 3. The van der Waals surface area contributed by atoms with Gasteiger partial charge < -0.3 is 5.73 Å². The zero-order valence-corrected chi connectivity index (χ0v) is 8.73. The molecular formula is C10H14ClF2N. The van der Waals surface area contributed by atoms with E-state index in [1.54, 1.807) is 6.07 Å². The molecule has 0 unspecified atom stereocenters. The van der Waals surface area contributed by atoms with Crippen molar-refractivity contribution >= 4 is 12.4 Å². The van der Waals surface area contributed by atoms with Crippen molar-refractivity contribution in [3.63, 3.8) is 0 Å². The summed E-state index contributed by atoms with van der Waals surface area (Å²) < 4.78 is 24.0. The van der Waals surface area contributed by atoms with E-state index in [1.165, 1.54) is 0 Å². The SMILES string of the molecule is Cc1cccc([C@@H](N)CC(F)F)c1.Cl. The minimum atomic E-state index is -2.34. The molecule has 4 heteroatoms. The fraction of sp³-hybridized carbons (Fsp3) is 0.400. The summed E-state index contributed by atoms with van der Waals surface area (Å²) in [6.45, 7) is 1.92. The van der Waals surface area contributed by atoms with Crippen LogP contribution in [0.5, 0.6) is 0 Å². The molecule has 1 atom stereocenters. The Bertz CT molecular complexity index is 279. The van der Waals surface area contributed by atoms with E-state index >= 15 is 0 Å². The normalized spacial score (nSPS) is 12.4. The van der Waals surface area contributed by atoms with Crippen LogP contribution in [-0.2, 0) is 0 Å². The topological polar surface area (TPSA) is 26.0 Å². The number of aryl methyl sites for hydroxylation is 1. The van der Waals surface area contributed by atoms with Gasteiger partial charge >= 0.3 is 0 Å². The van der Waals surface area contributed by atoms with Crippen LogP contribution in [0.25, 0.3) is 0 Å². The monoisotopic (exact) mass is 221 g/mol. The summed E-state index contributed by atoms with van der Waals surface area (Å²) >= 11 is 0. The molecule has 0 saturated carbocycles. The highest BCUT2D eigenvalue weighted by Gasteiger charge is 2.12. The van der Waals surface area contributed by atoms with Gasteiger partial charge in [0.1, 0.15) is 0 Å². The molecule has 1 aromatic rings. The van der Waals surface area contributed by atoms with Crippen LogP contribution < -0.4 is 5.73 Å². The van der Waals surface area contributed by atoms with Gasteiger partial charge in [-0.3, -0.25) is 0 Å². The second-order valence-corrected chi connectivity index (χ2v) is 3.15. The summed E-state index contributed by atoms with van der Waals surface area (Å²) in [5.74, 6) is 0. The van der Waals surface area contributed by atoms with Crippen molar-refractivity contribution < 1.29 is 8.78 Å². The van der Waals surface area contributed by atoms with Crippen molar-refractivity contribution in [2.75, 3.05) is 0 Å². The fourth-order valence-electron chi connectivity index (χ4n) is 1.23. The standard InChI is InChI=1S/C10H13F2N.ClH/c1-7-3-2-4-8(5-7)9(13)6-10(11)12;/h2-5,9-10H,6,13H2,1H3;1H/t9-;/m0./s1. The summed E-state index contributed by atoms with van der Waals surface area (Å²) in [7, 11) is 0. The van der Waals surface area contributed by atoms with Crippen LogP contribution in [0.15, 0.2) is 24.3 Å². The maximum atomic E-state index is 12.0. The van der Waals surface area contributed by atoms with Gasteiger partial charge in [-0.25, -0.2) is 8.78 Å². The van der Waals surface area contributed by atoms with Gasteiger partial charge in [0.15, 0.2) is 0 Å². The first kappa shape index (κ1) is 13.3. The Morgan fingerprint density at radius 3 is 2.50 bits per heavy atom. The second kappa shape index (κ2) is 5.94. The van der Waals surface area contributed by atoms with Gasteiger partial charge in [0.2, 0.25) is 6.43 Å². The van der Waals surface area contributed by atoms with E-state index in [1.807, 2.05) is 25.1 Å². The van der Waals surface area contributed by atoms with Crippen LogP contribution in [-0.4, -0.2) is 6.43 Å². The predicted molar refractivity (Wildman–Crippen MR) is 56.0 cm³/mol. The molecule has 0 aliphatic rings. The van der Waals surface area contributed by atoms with Crippen molar-refractivity contribution in [2.24, 2.45) is 5.73 Å². The maximum absolute atomic E-state index is 12.0. The number of hydrogen-bond acceptors (Lipinski definition) is 1. The highest BCUT2D eigenvalue weighted by molar-refractivity contribution is 5.85. The number of hydrogen-bond donors (Lipinski definition) is 1. The van der Waals surface area contributed by atoms with Gasteiger partial charge in [-0.1, -0.05) is 29.8 Å².